The molecule has 1 saturated carbocycles. The average Bonchev–Trinajstić information content (AvgIpc) is 3.07. The molecule has 1 saturated heterocycles. The standard InChI is InChI=1S/C18H30N4O2/c1-14-5-8-18(24,9-6-14)13-21-10-3-4-15(12-21)22-11-7-16(20-22)17(23)19-2/h7,11,14-15,24H,3-6,8-10,12-13H2,1-2H3,(H,19,23). The van der Waals surface area contributed by atoms with Crippen LogP contribution in [0.1, 0.15) is 62.0 Å². The predicted octanol–water partition coefficient (Wildman–Crippen LogP) is 1.82. The third-order valence-electron chi connectivity index (χ3n) is 5.65. The molecule has 1 unspecified atom stereocenters. The summed E-state index contributed by atoms with van der Waals surface area (Å²) in [5.41, 5.74) is -0.0549. The van der Waals surface area contributed by atoms with Crippen molar-refractivity contribution in [3.05, 3.63) is 18.0 Å². The van der Waals surface area contributed by atoms with E-state index in [1.54, 1.807) is 13.1 Å². The molecule has 1 atom stereocenters. The van der Waals surface area contributed by atoms with E-state index in [4.69, 9.17) is 0 Å². The van der Waals surface area contributed by atoms with Crippen molar-refractivity contribution in [2.75, 3.05) is 26.7 Å². The molecule has 3 rings (SSSR count). The summed E-state index contributed by atoms with van der Waals surface area (Å²) >= 11 is 0. The average molecular weight is 334 g/mol. The Morgan fingerprint density at radius 3 is 2.88 bits per heavy atom. The monoisotopic (exact) mass is 334 g/mol. The Morgan fingerprint density at radius 2 is 2.17 bits per heavy atom. The molecule has 1 aliphatic heterocycles. The largest absolute Gasteiger partial charge is 0.389 e. The van der Waals surface area contributed by atoms with Crippen LogP contribution < -0.4 is 5.32 Å². The van der Waals surface area contributed by atoms with Gasteiger partial charge < -0.3 is 10.4 Å². The number of rotatable bonds is 4. The maximum absolute atomic E-state index is 11.7. The van der Waals surface area contributed by atoms with E-state index in [2.05, 4.69) is 22.2 Å². The van der Waals surface area contributed by atoms with Crippen molar-refractivity contribution >= 4 is 5.91 Å². The Kier molecular flexibility index (Phi) is 5.25. The number of hydrogen-bond donors (Lipinski definition) is 2. The smallest absolute Gasteiger partial charge is 0.271 e. The Morgan fingerprint density at radius 1 is 1.42 bits per heavy atom. The first-order valence-corrected chi connectivity index (χ1v) is 9.21. The first kappa shape index (κ1) is 17.4. The van der Waals surface area contributed by atoms with Gasteiger partial charge in [-0.15, -0.1) is 0 Å². The molecule has 0 radical (unpaired) electrons. The summed E-state index contributed by atoms with van der Waals surface area (Å²) in [6.45, 7) is 4.97. The van der Waals surface area contributed by atoms with Gasteiger partial charge in [-0.1, -0.05) is 6.92 Å². The molecule has 0 aromatic carbocycles. The lowest BCUT2D eigenvalue weighted by atomic mass is 9.79. The summed E-state index contributed by atoms with van der Waals surface area (Å²) in [7, 11) is 1.62. The van der Waals surface area contributed by atoms with E-state index >= 15 is 0 Å². The molecule has 1 aliphatic carbocycles. The summed E-state index contributed by atoms with van der Waals surface area (Å²) in [6, 6.07) is 2.05. The van der Waals surface area contributed by atoms with Crippen molar-refractivity contribution in [2.45, 2.75) is 57.1 Å². The van der Waals surface area contributed by atoms with E-state index in [-0.39, 0.29) is 11.9 Å². The molecule has 6 heteroatoms. The lowest BCUT2D eigenvalue weighted by Gasteiger charge is -2.41. The molecule has 134 valence electrons. The zero-order chi connectivity index (χ0) is 17.2. The second-order valence-corrected chi connectivity index (χ2v) is 7.70. The van der Waals surface area contributed by atoms with E-state index in [0.717, 1.165) is 64.1 Å². The number of nitrogens with one attached hydrogen (secondary N) is 1. The molecular weight excluding hydrogens is 304 g/mol. The first-order valence-electron chi connectivity index (χ1n) is 9.21. The summed E-state index contributed by atoms with van der Waals surface area (Å²) in [5.74, 6) is 0.596. The third kappa shape index (κ3) is 3.98. The lowest BCUT2D eigenvalue weighted by Crippen LogP contribution is -2.48. The maximum Gasteiger partial charge on any atom is 0.271 e. The molecule has 0 bridgehead atoms. The van der Waals surface area contributed by atoms with Crippen LogP contribution in [-0.4, -0.2) is 58.0 Å². The van der Waals surface area contributed by atoms with Crippen LogP contribution in [0.4, 0.5) is 0 Å². The number of aromatic nitrogens is 2. The molecule has 2 N–H and O–H groups in total. The van der Waals surface area contributed by atoms with E-state index < -0.39 is 5.60 Å². The highest BCUT2D eigenvalue weighted by atomic mass is 16.3. The van der Waals surface area contributed by atoms with E-state index in [9.17, 15) is 9.90 Å². The quantitative estimate of drug-likeness (QED) is 0.881. The number of nitrogens with zero attached hydrogens (tertiary/aromatic N) is 3. The fourth-order valence-corrected chi connectivity index (χ4v) is 4.06. The summed E-state index contributed by atoms with van der Waals surface area (Å²) in [4.78, 5) is 14.1. The maximum atomic E-state index is 11.7. The van der Waals surface area contributed by atoms with Gasteiger partial charge in [-0.05, 0) is 57.1 Å². The molecule has 2 aliphatic rings. The normalized spacial score (nSPS) is 31.8. The van der Waals surface area contributed by atoms with Crippen LogP contribution in [0.25, 0.3) is 0 Å². The van der Waals surface area contributed by atoms with Crippen LogP contribution in [0.15, 0.2) is 12.3 Å². The predicted molar refractivity (Wildman–Crippen MR) is 92.9 cm³/mol. The summed E-state index contributed by atoms with van der Waals surface area (Å²) in [6.07, 6.45) is 8.16. The highest BCUT2D eigenvalue weighted by Gasteiger charge is 2.35. The van der Waals surface area contributed by atoms with Crippen LogP contribution in [0, 0.1) is 5.92 Å². The van der Waals surface area contributed by atoms with Gasteiger partial charge in [0.05, 0.1) is 11.6 Å². The van der Waals surface area contributed by atoms with Gasteiger partial charge in [0.15, 0.2) is 0 Å². The Hall–Kier alpha value is -1.40. The molecule has 1 aromatic heterocycles. The van der Waals surface area contributed by atoms with E-state index in [0.29, 0.717) is 5.69 Å². The van der Waals surface area contributed by atoms with Gasteiger partial charge in [0.2, 0.25) is 0 Å². The number of amides is 1. The number of aliphatic hydroxyl groups is 1. The van der Waals surface area contributed by atoms with Gasteiger partial charge in [-0.3, -0.25) is 14.4 Å². The molecule has 1 amide bonds. The molecule has 1 aromatic rings. The van der Waals surface area contributed by atoms with Crippen LogP contribution in [0.2, 0.25) is 0 Å². The number of carbonyl (C=O) groups excluding carboxylic acids is 1. The zero-order valence-corrected chi connectivity index (χ0v) is 14.9. The van der Waals surface area contributed by atoms with Gasteiger partial charge in [-0.25, -0.2) is 0 Å². The van der Waals surface area contributed by atoms with E-state index in [1.165, 1.54) is 0 Å². The Labute approximate surface area is 144 Å². The highest BCUT2D eigenvalue weighted by molar-refractivity contribution is 5.91. The topological polar surface area (TPSA) is 70.4 Å². The van der Waals surface area contributed by atoms with Crippen LogP contribution in [0.5, 0.6) is 0 Å². The Bertz CT molecular complexity index is 563. The zero-order valence-electron chi connectivity index (χ0n) is 14.9. The number of carbonyl (C=O) groups is 1. The summed E-state index contributed by atoms with van der Waals surface area (Å²) < 4.78 is 1.92. The van der Waals surface area contributed by atoms with Crippen LogP contribution in [-0.2, 0) is 0 Å². The minimum atomic E-state index is -0.522. The van der Waals surface area contributed by atoms with Crippen LogP contribution >= 0.6 is 0 Å². The van der Waals surface area contributed by atoms with Crippen molar-refractivity contribution in [1.82, 2.24) is 20.0 Å². The fraction of sp³-hybridized carbons (Fsp3) is 0.778. The number of β-amino-alcohol motifs (C(OH)–C–C–N with tert-alkyl or cyclic N) is 1. The van der Waals surface area contributed by atoms with Crippen LogP contribution in [0.3, 0.4) is 0 Å². The molecule has 0 spiro atoms. The minimum absolute atomic E-state index is 0.146. The van der Waals surface area contributed by atoms with Crippen molar-refractivity contribution < 1.29 is 9.90 Å². The number of hydrogen-bond acceptors (Lipinski definition) is 4. The molecule has 24 heavy (non-hydrogen) atoms. The minimum Gasteiger partial charge on any atom is -0.389 e. The van der Waals surface area contributed by atoms with E-state index in [1.807, 2.05) is 10.9 Å². The van der Waals surface area contributed by atoms with Crippen molar-refractivity contribution in [3.63, 3.8) is 0 Å². The van der Waals surface area contributed by atoms with Gasteiger partial charge in [0.1, 0.15) is 5.69 Å². The third-order valence-corrected chi connectivity index (χ3v) is 5.65. The molecule has 2 fully saturated rings. The first-order chi connectivity index (χ1) is 11.5. The van der Waals surface area contributed by atoms with Gasteiger partial charge in [0.25, 0.3) is 5.91 Å². The van der Waals surface area contributed by atoms with Gasteiger partial charge >= 0.3 is 0 Å². The molecular formula is C18H30N4O2. The van der Waals surface area contributed by atoms with Gasteiger partial charge in [0, 0.05) is 26.3 Å². The molecule has 2 heterocycles. The second-order valence-electron chi connectivity index (χ2n) is 7.70. The second kappa shape index (κ2) is 7.23. The lowest BCUT2D eigenvalue weighted by molar-refractivity contribution is -0.0421. The van der Waals surface area contributed by atoms with Crippen molar-refractivity contribution in [1.29, 1.82) is 0 Å². The summed E-state index contributed by atoms with van der Waals surface area (Å²) in [5, 5.41) is 17.9. The fourth-order valence-electron chi connectivity index (χ4n) is 4.06. The Balaban J connectivity index is 1.60. The highest BCUT2D eigenvalue weighted by Crippen LogP contribution is 2.33. The number of piperidine rings is 1. The van der Waals surface area contributed by atoms with Gasteiger partial charge in [-0.2, -0.15) is 5.10 Å². The number of likely N-dealkylation sites (tertiary alicyclic amines) is 1. The van der Waals surface area contributed by atoms with Crippen molar-refractivity contribution in [3.8, 4) is 0 Å². The SMILES string of the molecule is CNC(=O)c1ccn(C2CCCN(CC3(O)CCC(C)CC3)C2)n1. The molecule has 6 nitrogen and oxygen atoms in total. The van der Waals surface area contributed by atoms with Crippen molar-refractivity contribution in [2.24, 2.45) is 5.92 Å².